The molecule has 0 bridgehead atoms. The predicted molar refractivity (Wildman–Crippen MR) is 75.2 cm³/mol. The van der Waals surface area contributed by atoms with Gasteiger partial charge in [-0.05, 0) is 33.8 Å². The zero-order valence-corrected chi connectivity index (χ0v) is 12.1. The average Bonchev–Trinajstić information content (AvgIpc) is 2.34. The smallest absolute Gasteiger partial charge is 0.123 e. The molecule has 0 amide bonds. The van der Waals surface area contributed by atoms with Crippen molar-refractivity contribution in [3.63, 3.8) is 0 Å². The molecule has 1 unspecified atom stereocenters. The maximum Gasteiger partial charge on any atom is 0.123 e. The molecule has 0 saturated carbocycles. The van der Waals surface area contributed by atoms with Gasteiger partial charge in [-0.3, -0.25) is 0 Å². The monoisotopic (exact) mass is 251 g/mol. The molecule has 0 aliphatic heterocycles. The standard InChI is InChI=1S/C15H25NO2/c1-11(2)18-9-8-16-13(4)14-10-12(3)6-7-15(14)17-5/h6-7,10-11,13,16H,8-9H2,1-5H3. The van der Waals surface area contributed by atoms with Crippen LogP contribution in [0, 0.1) is 6.92 Å². The van der Waals surface area contributed by atoms with Gasteiger partial charge >= 0.3 is 0 Å². The average molecular weight is 251 g/mol. The molecule has 1 rings (SSSR count). The summed E-state index contributed by atoms with van der Waals surface area (Å²) < 4.78 is 10.9. The number of aryl methyl sites for hydroxylation is 1. The van der Waals surface area contributed by atoms with Crippen molar-refractivity contribution in [3.05, 3.63) is 29.3 Å². The normalized spacial score (nSPS) is 12.8. The molecule has 18 heavy (non-hydrogen) atoms. The van der Waals surface area contributed by atoms with Crippen LogP contribution in [0.1, 0.15) is 37.9 Å². The molecule has 0 aromatic heterocycles. The van der Waals surface area contributed by atoms with Crippen LogP contribution >= 0.6 is 0 Å². The molecule has 0 heterocycles. The molecule has 1 N–H and O–H groups in total. The van der Waals surface area contributed by atoms with Crippen LogP contribution in [0.25, 0.3) is 0 Å². The summed E-state index contributed by atoms with van der Waals surface area (Å²) in [4.78, 5) is 0. The summed E-state index contributed by atoms with van der Waals surface area (Å²) in [6, 6.07) is 6.51. The van der Waals surface area contributed by atoms with Crippen molar-refractivity contribution in [3.8, 4) is 5.75 Å². The SMILES string of the molecule is COc1ccc(C)cc1C(C)NCCOC(C)C. The third kappa shape index (κ3) is 4.67. The van der Waals surface area contributed by atoms with E-state index in [9.17, 15) is 0 Å². The van der Waals surface area contributed by atoms with E-state index in [2.05, 4.69) is 31.3 Å². The first-order valence-corrected chi connectivity index (χ1v) is 6.54. The molecule has 0 spiro atoms. The Labute approximate surface area is 110 Å². The van der Waals surface area contributed by atoms with Gasteiger partial charge < -0.3 is 14.8 Å². The number of ether oxygens (including phenoxy) is 2. The summed E-state index contributed by atoms with van der Waals surface area (Å²) >= 11 is 0. The van der Waals surface area contributed by atoms with Gasteiger partial charge in [0, 0.05) is 18.2 Å². The topological polar surface area (TPSA) is 30.5 Å². The highest BCUT2D eigenvalue weighted by atomic mass is 16.5. The Morgan fingerprint density at radius 2 is 1.94 bits per heavy atom. The maximum atomic E-state index is 5.51. The van der Waals surface area contributed by atoms with Crippen molar-refractivity contribution in [2.75, 3.05) is 20.3 Å². The van der Waals surface area contributed by atoms with Crippen molar-refractivity contribution in [1.29, 1.82) is 0 Å². The third-order valence-corrected chi connectivity index (χ3v) is 2.86. The molecule has 3 heteroatoms. The number of nitrogens with one attached hydrogen (secondary N) is 1. The van der Waals surface area contributed by atoms with E-state index in [0.29, 0.717) is 0 Å². The largest absolute Gasteiger partial charge is 0.496 e. The first-order valence-electron chi connectivity index (χ1n) is 6.54. The Hall–Kier alpha value is -1.06. The molecule has 102 valence electrons. The number of hydrogen-bond acceptors (Lipinski definition) is 3. The van der Waals surface area contributed by atoms with E-state index in [1.165, 1.54) is 11.1 Å². The number of rotatable bonds is 7. The second-order valence-corrected chi connectivity index (χ2v) is 4.84. The molecule has 0 fully saturated rings. The Bertz CT molecular complexity index is 364. The van der Waals surface area contributed by atoms with Crippen LogP contribution < -0.4 is 10.1 Å². The van der Waals surface area contributed by atoms with Gasteiger partial charge in [-0.1, -0.05) is 17.7 Å². The zero-order chi connectivity index (χ0) is 13.5. The minimum atomic E-state index is 0.260. The van der Waals surface area contributed by atoms with E-state index < -0.39 is 0 Å². The van der Waals surface area contributed by atoms with E-state index >= 15 is 0 Å². The Morgan fingerprint density at radius 1 is 1.22 bits per heavy atom. The minimum absolute atomic E-state index is 0.260. The van der Waals surface area contributed by atoms with E-state index in [-0.39, 0.29) is 12.1 Å². The lowest BCUT2D eigenvalue weighted by atomic mass is 10.0. The van der Waals surface area contributed by atoms with E-state index in [1.807, 2.05) is 19.9 Å². The summed E-state index contributed by atoms with van der Waals surface area (Å²) in [5.41, 5.74) is 2.44. The van der Waals surface area contributed by atoms with Crippen LogP contribution in [0.4, 0.5) is 0 Å². The minimum Gasteiger partial charge on any atom is -0.496 e. The van der Waals surface area contributed by atoms with Gasteiger partial charge in [0.25, 0.3) is 0 Å². The second-order valence-electron chi connectivity index (χ2n) is 4.84. The Kier molecular flexibility index (Phi) is 6.16. The van der Waals surface area contributed by atoms with Crippen LogP contribution in [-0.2, 0) is 4.74 Å². The lowest BCUT2D eigenvalue weighted by molar-refractivity contribution is 0.0796. The van der Waals surface area contributed by atoms with Crippen LogP contribution in [0.2, 0.25) is 0 Å². The van der Waals surface area contributed by atoms with Crippen molar-refractivity contribution in [2.24, 2.45) is 0 Å². The Balaban J connectivity index is 2.55. The summed E-state index contributed by atoms with van der Waals surface area (Å²) in [6.07, 6.45) is 0.288. The molecular weight excluding hydrogens is 226 g/mol. The predicted octanol–water partition coefficient (Wildman–Crippen LogP) is 3.08. The third-order valence-electron chi connectivity index (χ3n) is 2.86. The highest BCUT2D eigenvalue weighted by Gasteiger charge is 2.10. The lowest BCUT2D eigenvalue weighted by Crippen LogP contribution is -2.24. The van der Waals surface area contributed by atoms with Gasteiger partial charge in [-0.2, -0.15) is 0 Å². The van der Waals surface area contributed by atoms with E-state index in [4.69, 9.17) is 9.47 Å². The van der Waals surface area contributed by atoms with Gasteiger partial charge in [-0.15, -0.1) is 0 Å². The Morgan fingerprint density at radius 3 is 2.56 bits per heavy atom. The van der Waals surface area contributed by atoms with Gasteiger partial charge in [0.15, 0.2) is 0 Å². The van der Waals surface area contributed by atoms with Crippen molar-refractivity contribution in [2.45, 2.75) is 39.8 Å². The van der Waals surface area contributed by atoms with E-state index in [0.717, 1.165) is 18.9 Å². The van der Waals surface area contributed by atoms with Crippen LogP contribution in [0.3, 0.4) is 0 Å². The molecule has 0 aliphatic rings. The molecule has 1 aromatic carbocycles. The van der Waals surface area contributed by atoms with Crippen molar-refractivity contribution in [1.82, 2.24) is 5.32 Å². The fourth-order valence-electron chi connectivity index (χ4n) is 1.87. The zero-order valence-electron chi connectivity index (χ0n) is 12.1. The van der Waals surface area contributed by atoms with Gasteiger partial charge in [-0.25, -0.2) is 0 Å². The second kappa shape index (κ2) is 7.39. The highest BCUT2D eigenvalue weighted by molar-refractivity contribution is 5.38. The van der Waals surface area contributed by atoms with Crippen molar-refractivity contribution >= 4 is 0 Å². The molecule has 1 aromatic rings. The molecular formula is C15H25NO2. The fraction of sp³-hybridized carbons (Fsp3) is 0.600. The fourth-order valence-corrected chi connectivity index (χ4v) is 1.87. The highest BCUT2D eigenvalue weighted by Crippen LogP contribution is 2.25. The number of benzene rings is 1. The molecule has 0 radical (unpaired) electrons. The van der Waals surface area contributed by atoms with Crippen LogP contribution in [-0.4, -0.2) is 26.4 Å². The first-order chi connectivity index (χ1) is 8.54. The summed E-state index contributed by atoms with van der Waals surface area (Å²) in [5.74, 6) is 0.936. The molecule has 0 saturated heterocycles. The van der Waals surface area contributed by atoms with Crippen LogP contribution in [0.5, 0.6) is 5.75 Å². The molecule has 1 atom stereocenters. The van der Waals surface area contributed by atoms with Gasteiger partial charge in [0.05, 0.1) is 19.8 Å². The number of hydrogen-bond donors (Lipinski definition) is 1. The van der Waals surface area contributed by atoms with Crippen LogP contribution in [0.15, 0.2) is 18.2 Å². The number of methoxy groups -OCH3 is 1. The van der Waals surface area contributed by atoms with Gasteiger partial charge in [0.2, 0.25) is 0 Å². The summed E-state index contributed by atoms with van der Waals surface area (Å²) in [7, 11) is 1.71. The lowest BCUT2D eigenvalue weighted by Gasteiger charge is -2.18. The molecule has 0 aliphatic carbocycles. The van der Waals surface area contributed by atoms with E-state index in [1.54, 1.807) is 7.11 Å². The van der Waals surface area contributed by atoms with Gasteiger partial charge in [0.1, 0.15) is 5.75 Å². The maximum absolute atomic E-state index is 5.51. The van der Waals surface area contributed by atoms with Crippen molar-refractivity contribution < 1.29 is 9.47 Å². The quantitative estimate of drug-likeness (QED) is 0.755. The molecule has 3 nitrogen and oxygen atoms in total. The first kappa shape index (κ1) is 15.0. The summed E-state index contributed by atoms with van der Waals surface area (Å²) in [5, 5.41) is 3.45. The summed E-state index contributed by atoms with van der Waals surface area (Å²) in [6.45, 7) is 9.91.